The van der Waals surface area contributed by atoms with E-state index in [1.807, 2.05) is 4.90 Å². The Balaban J connectivity index is 1.76. The molecule has 0 bridgehead atoms. The van der Waals surface area contributed by atoms with Gasteiger partial charge >= 0.3 is 0 Å². The van der Waals surface area contributed by atoms with Crippen LogP contribution in [0.3, 0.4) is 0 Å². The molecule has 0 saturated carbocycles. The number of hydrogen-bond acceptors (Lipinski definition) is 3. The molecule has 0 radical (unpaired) electrons. The lowest BCUT2D eigenvalue weighted by Gasteiger charge is -2.26. The Morgan fingerprint density at radius 3 is 2.65 bits per heavy atom. The average molecular weight is 277 g/mol. The lowest BCUT2D eigenvalue weighted by molar-refractivity contribution is -0.131. The van der Waals surface area contributed by atoms with Gasteiger partial charge in [-0.3, -0.25) is 14.4 Å². The standard InChI is InChI=1S/C14H19N3O3/c18-12-6-4-5-11(16-12)14(20)15-8-7-13(19)17-9-2-1-3-10-17/h4-6H,1-3,7-10H2,(H,15,20)(H,16,18). The first-order valence-electron chi connectivity index (χ1n) is 6.92. The summed E-state index contributed by atoms with van der Waals surface area (Å²) in [6, 6.07) is 4.40. The fourth-order valence-electron chi connectivity index (χ4n) is 2.26. The number of amides is 2. The second kappa shape index (κ2) is 6.88. The highest BCUT2D eigenvalue weighted by Crippen LogP contribution is 2.09. The van der Waals surface area contributed by atoms with Crippen LogP contribution < -0.4 is 10.9 Å². The van der Waals surface area contributed by atoms with Crippen LogP contribution in [-0.4, -0.2) is 41.3 Å². The maximum atomic E-state index is 11.9. The Kier molecular flexibility index (Phi) is 4.92. The van der Waals surface area contributed by atoms with E-state index in [0.29, 0.717) is 6.42 Å². The Labute approximate surface area is 117 Å². The van der Waals surface area contributed by atoms with E-state index in [1.165, 1.54) is 24.6 Å². The SMILES string of the molecule is O=C(NCCC(=O)N1CCCCC1)c1cccc(=O)[nH]1. The van der Waals surface area contributed by atoms with Gasteiger partial charge in [0.1, 0.15) is 5.69 Å². The fraction of sp³-hybridized carbons (Fsp3) is 0.500. The average Bonchev–Trinajstić information content (AvgIpc) is 2.48. The lowest BCUT2D eigenvalue weighted by Crippen LogP contribution is -2.38. The van der Waals surface area contributed by atoms with Crippen molar-refractivity contribution in [1.82, 2.24) is 15.2 Å². The van der Waals surface area contributed by atoms with Gasteiger partial charge in [-0.25, -0.2) is 0 Å². The Hall–Kier alpha value is -2.11. The number of nitrogens with one attached hydrogen (secondary N) is 2. The van der Waals surface area contributed by atoms with Gasteiger partial charge in [-0.2, -0.15) is 0 Å². The molecule has 1 aromatic rings. The highest BCUT2D eigenvalue weighted by Gasteiger charge is 2.16. The molecule has 2 rings (SSSR count). The van der Waals surface area contributed by atoms with E-state index in [4.69, 9.17) is 0 Å². The Morgan fingerprint density at radius 1 is 1.20 bits per heavy atom. The molecule has 0 unspecified atom stereocenters. The van der Waals surface area contributed by atoms with Crippen molar-refractivity contribution in [3.8, 4) is 0 Å². The molecule has 1 aliphatic rings. The zero-order valence-electron chi connectivity index (χ0n) is 11.4. The third-order valence-electron chi connectivity index (χ3n) is 3.35. The quantitative estimate of drug-likeness (QED) is 0.841. The number of piperidine rings is 1. The molecule has 6 nitrogen and oxygen atoms in total. The lowest BCUT2D eigenvalue weighted by atomic mass is 10.1. The van der Waals surface area contributed by atoms with Gasteiger partial charge in [0.25, 0.3) is 5.91 Å². The van der Waals surface area contributed by atoms with Crippen LogP contribution in [0, 0.1) is 0 Å². The molecule has 0 atom stereocenters. The molecule has 20 heavy (non-hydrogen) atoms. The zero-order valence-corrected chi connectivity index (χ0v) is 11.4. The number of hydrogen-bond donors (Lipinski definition) is 2. The molecule has 1 fully saturated rings. The molecule has 1 saturated heterocycles. The van der Waals surface area contributed by atoms with Gasteiger partial charge in [0.2, 0.25) is 11.5 Å². The molecule has 6 heteroatoms. The minimum absolute atomic E-state index is 0.0755. The van der Waals surface area contributed by atoms with Gasteiger partial charge in [-0.1, -0.05) is 6.07 Å². The van der Waals surface area contributed by atoms with Crippen molar-refractivity contribution in [3.63, 3.8) is 0 Å². The number of carbonyl (C=O) groups is 2. The predicted octanol–water partition coefficient (Wildman–Crippen LogP) is 0.507. The van der Waals surface area contributed by atoms with E-state index in [0.717, 1.165) is 25.9 Å². The second-order valence-electron chi connectivity index (χ2n) is 4.88. The number of aromatic amines is 1. The number of H-pyrrole nitrogens is 1. The summed E-state index contributed by atoms with van der Waals surface area (Å²) in [5.41, 5.74) is -0.107. The van der Waals surface area contributed by atoms with Crippen LogP contribution in [0.4, 0.5) is 0 Å². The monoisotopic (exact) mass is 277 g/mol. The highest BCUT2D eigenvalue weighted by molar-refractivity contribution is 5.92. The minimum atomic E-state index is -0.367. The van der Waals surface area contributed by atoms with Gasteiger partial charge in [0.15, 0.2) is 0 Å². The Bertz CT molecular complexity index is 532. The van der Waals surface area contributed by atoms with Crippen LogP contribution in [0.5, 0.6) is 0 Å². The molecule has 108 valence electrons. The highest BCUT2D eigenvalue weighted by atomic mass is 16.2. The van der Waals surface area contributed by atoms with Crippen molar-refractivity contribution >= 4 is 11.8 Å². The van der Waals surface area contributed by atoms with Gasteiger partial charge in [0.05, 0.1) is 0 Å². The molecular weight excluding hydrogens is 258 g/mol. The van der Waals surface area contributed by atoms with Crippen molar-refractivity contribution in [2.45, 2.75) is 25.7 Å². The third-order valence-corrected chi connectivity index (χ3v) is 3.35. The van der Waals surface area contributed by atoms with Gasteiger partial charge < -0.3 is 15.2 Å². The molecule has 2 amide bonds. The van der Waals surface area contributed by atoms with Crippen LogP contribution in [0.25, 0.3) is 0 Å². The summed E-state index contributed by atoms with van der Waals surface area (Å²) in [6.07, 6.45) is 3.59. The first kappa shape index (κ1) is 14.3. The molecule has 2 N–H and O–H groups in total. The van der Waals surface area contributed by atoms with Crippen LogP contribution in [0.1, 0.15) is 36.2 Å². The Morgan fingerprint density at radius 2 is 1.95 bits per heavy atom. The van der Waals surface area contributed by atoms with Crippen LogP contribution in [-0.2, 0) is 4.79 Å². The van der Waals surface area contributed by atoms with E-state index in [9.17, 15) is 14.4 Å². The maximum absolute atomic E-state index is 11.9. The topological polar surface area (TPSA) is 82.3 Å². The third kappa shape index (κ3) is 3.94. The van der Waals surface area contributed by atoms with E-state index in [2.05, 4.69) is 10.3 Å². The van der Waals surface area contributed by atoms with E-state index in [1.54, 1.807) is 0 Å². The minimum Gasteiger partial charge on any atom is -0.350 e. The summed E-state index contributed by atoms with van der Waals surface area (Å²) >= 11 is 0. The van der Waals surface area contributed by atoms with Crippen LogP contribution in [0.15, 0.2) is 23.0 Å². The van der Waals surface area contributed by atoms with Crippen molar-refractivity contribution in [1.29, 1.82) is 0 Å². The number of likely N-dealkylation sites (tertiary alicyclic amines) is 1. The van der Waals surface area contributed by atoms with Crippen LogP contribution >= 0.6 is 0 Å². The van der Waals surface area contributed by atoms with Crippen LogP contribution in [0.2, 0.25) is 0 Å². The van der Waals surface area contributed by atoms with Crippen molar-refractivity contribution in [3.05, 3.63) is 34.2 Å². The van der Waals surface area contributed by atoms with Crippen molar-refractivity contribution in [2.24, 2.45) is 0 Å². The first-order chi connectivity index (χ1) is 9.66. The molecular formula is C14H19N3O3. The normalized spacial score (nSPS) is 14.9. The summed E-state index contributed by atoms with van der Waals surface area (Å²) < 4.78 is 0. The molecule has 1 aromatic heterocycles. The first-order valence-corrected chi connectivity index (χ1v) is 6.92. The predicted molar refractivity (Wildman–Crippen MR) is 74.4 cm³/mol. The van der Waals surface area contributed by atoms with Gasteiger partial charge in [-0.05, 0) is 25.3 Å². The zero-order chi connectivity index (χ0) is 14.4. The number of nitrogens with zero attached hydrogens (tertiary/aromatic N) is 1. The van der Waals surface area contributed by atoms with E-state index < -0.39 is 0 Å². The summed E-state index contributed by atoms with van der Waals surface area (Å²) in [4.78, 5) is 39.0. The molecule has 1 aliphatic heterocycles. The number of aromatic nitrogens is 1. The van der Waals surface area contributed by atoms with Gasteiger partial charge in [0, 0.05) is 32.1 Å². The van der Waals surface area contributed by atoms with Crippen molar-refractivity contribution in [2.75, 3.05) is 19.6 Å². The molecule has 0 aliphatic carbocycles. The second-order valence-corrected chi connectivity index (χ2v) is 4.88. The summed E-state index contributed by atoms with van der Waals surface area (Å²) in [7, 11) is 0. The largest absolute Gasteiger partial charge is 0.350 e. The molecule has 0 spiro atoms. The smallest absolute Gasteiger partial charge is 0.267 e. The van der Waals surface area contributed by atoms with E-state index in [-0.39, 0.29) is 29.6 Å². The molecule has 0 aromatic carbocycles. The number of pyridine rings is 1. The molecule has 2 heterocycles. The van der Waals surface area contributed by atoms with Gasteiger partial charge in [-0.15, -0.1) is 0 Å². The number of rotatable bonds is 4. The summed E-state index contributed by atoms with van der Waals surface area (Å²) in [5, 5.41) is 2.64. The fourth-order valence-corrected chi connectivity index (χ4v) is 2.26. The summed E-state index contributed by atoms with van der Waals surface area (Å²) in [5.74, 6) is -0.291. The van der Waals surface area contributed by atoms with Crippen molar-refractivity contribution < 1.29 is 9.59 Å². The van der Waals surface area contributed by atoms with E-state index >= 15 is 0 Å². The number of carbonyl (C=O) groups excluding carboxylic acids is 2. The maximum Gasteiger partial charge on any atom is 0.267 e. The summed E-state index contributed by atoms with van der Waals surface area (Å²) in [6.45, 7) is 1.92.